The fourth-order valence-electron chi connectivity index (χ4n) is 8.22. The number of hydrogen-bond donors (Lipinski definition) is 1. The summed E-state index contributed by atoms with van der Waals surface area (Å²) in [7, 11) is 2.12. The van der Waals surface area contributed by atoms with Crippen LogP contribution in [0.15, 0.2) is 85.5 Å². The number of piperidine rings is 1. The van der Waals surface area contributed by atoms with E-state index in [4.69, 9.17) is 9.72 Å². The molecule has 2 fully saturated rings. The predicted molar refractivity (Wildman–Crippen MR) is 209 cm³/mol. The van der Waals surface area contributed by atoms with Gasteiger partial charge in [-0.3, -0.25) is 19.6 Å². The van der Waals surface area contributed by atoms with Gasteiger partial charge in [-0.2, -0.15) is 0 Å². The number of amides is 2. The molecule has 0 saturated carbocycles. The molecule has 1 N–H and O–H groups in total. The Hall–Kier alpha value is -5.06. The van der Waals surface area contributed by atoms with E-state index in [1.165, 1.54) is 33.8 Å². The van der Waals surface area contributed by atoms with Crippen LogP contribution in [0.25, 0.3) is 32.9 Å². The molecule has 0 radical (unpaired) electrons. The Morgan fingerprint density at radius 3 is 2.45 bits per heavy atom. The second-order valence-electron chi connectivity index (χ2n) is 14.8. The summed E-state index contributed by atoms with van der Waals surface area (Å²) in [5.41, 5.74) is 8.21. The number of nitrogens with one attached hydrogen (secondary N) is 1. The summed E-state index contributed by atoms with van der Waals surface area (Å²) >= 11 is 0. The average molecular weight is 712 g/mol. The minimum atomic E-state index is -0.441. The quantitative estimate of drug-likeness (QED) is 0.143. The van der Waals surface area contributed by atoms with E-state index in [1.807, 2.05) is 36.8 Å². The molecule has 0 aliphatic carbocycles. The van der Waals surface area contributed by atoms with Crippen LogP contribution in [0, 0.1) is 0 Å². The van der Waals surface area contributed by atoms with E-state index >= 15 is 0 Å². The Morgan fingerprint density at radius 2 is 1.66 bits per heavy atom. The first-order chi connectivity index (χ1) is 25.9. The highest BCUT2D eigenvalue weighted by Gasteiger charge is 2.38. The highest BCUT2D eigenvalue weighted by atomic mass is 16.5. The lowest BCUT2D eigenvalue weighted by atomic mass is 10.0. The van der Waals surface area contributed by atoms with Crippen molar-refractivity contribution in [2.24, 2.45) is 7.05 Å². The number of fused-ring (bicyclic) bond motifs is 4. The number of aryl methyl sites for hydroxylation is 2. The molecule has 53 heavy (non-hydrogen) atoms. The summed E-state index contributed by atoms with van der Waals surface area (Å²) in [4.78, 5) is 41.5. The number of carbonyl (C=O) groups is 2. The molecule has 2 amide bonds. The first-order valence-corrected chi connectivity index (χ1v) is 19.2. The van der Waals surface area contributed by atoms with Gasteiger partial charge in [0.2, 0.25) is 5.91 Å². The number of pyridine rings is 2. The Kier molecular flexibility index (Phi) is 10.2. The summed E-state index contributed by atoms with van der Waals surface area (Å²) < 4.78 is 8.31. The van der Waals surface area contributed by atoms with E-state index < -0.39 is 6.04 Å². The second kappa shape index (κ2) is 15.5. The van der Waals surface area contributed by atoms with Crippen LogP contribution in [0.4, 0.5) is 0 Å². The standard InChI is InChI=1S/C43H49N7O3/c1-30-8-15-40(42(51)46-30)50-29-33-25-35(12-14-36(33)43(50)52)53-24-5-3-4-18-48-20-22-49(23-21-48)19-6-7-34-11-9-32(27-45-34)31-10-13-37-38-28-44-17-16-39(38)47(2)41(37)26-31/h9-14,16-17,25-28,40H,1,3-8,15,18-24,29H2,2H3,(H,46,51). The maximum Gasteiger partial charge on any atom is 0.255 e. The third-order valence-electron chi connectivity index (χ3n) is 11.3. The molecule has 1 atom stereocenters. The summed E-state index contributed by atoms with van der Waals surface area (Å²) in [6.07, 6.45) is 12.5. The van der Waals surface area contributed by atoms with Gasteiger partial charge < -0.3 is 29.3 Å². The van der Waals surface area contributed by atoms with Crippen molar-refractivity contribution in [3.63, 3.8) is 0 Å². The van der Waals surface area contributed by atoms with E-state index in [1.54, 1.807) is 4.90 Å². The van der Waals surface area contributed by atoms with Gasteiger partial charge in [0, 0.05) is 97.2 Å². The van der Waals surface area contributed by atoms with Crippen LogP contribution in [0.5, 0.6) is 5.75 Å². The molecule has 3 aliphatic rings. The number of nitrogens with zero attached hydrogens (tertiary/aromatic N) is 6. The minimum absolute atomic E-state index is 0.0793. The Bertz CT molecular complexity index is 2130. The SMILES string of the molecule is C=C1CCC(N2Cc3cc(OCCCCCN4CCN(CCCc5ccc(-c6ccc7c8cnccc8n(C)c7c6)cn5)CC4)ccc3C2=O)C(=O)N1. The number of unbranched alkanes of at least 4 members (excludes halogenated alkanes) is 2. The van der Waals surface area contributed by atoms with Crippen molar-refractivity contribution in [2.75, 3.05) is 45.9 Å². The predicted octanol–water partition coefficient (Wildman–Crippen LogP) is 6.34. The molecular formula is C43H49N7O3. The van der Waals surface area contributed by atoms with E-state index in [2.05, 4.69) is 74.7 Å². The molecule has 10 heteroatoms. The first kappa shape index (κ1) is 35.0. The zero-order valence-corrected chi connectivity index (χ0v) is 30.7. The highest BCUT2D eigenvalue weighted by Crippen LogP contribution is 2.32. The fraction of sp³-hybridized carbons (Fsp3) is 0.395. The number of piperazine rings is 1. The zero-order valence-electron chi connectivity index (χ0n) is 30.7. The van der Waals surface area contributed by atoms with E-state index in [0.717, 1.165) is 93.2 Å². The number of ether oxygens (including phenoxy) is 1. The number of aromatic nitrogens is 3. The van der Waals surface area contributed by atoms with Gasteiger partial charge in [0.05, 0.1) is 12.1 Å². The summed E-state index contributed by atoms with van der Waals surface area (Å²) in [6, 6.07) is 18.4. The number of hydrogen-bond acceptors (Lipinski definition) is 7. The molecule has 5 aromatic rings. The van der Waals surface area contributed by atoms with Crippen LogP contribution in [0.2, 0.25) is 0 Å². The third-order valence-corrected chi connectivity index (χ3v) is 11.3. The molecule has 3 aliphatic heterocycles. The lowest BCUT2D eigenvalue weighted by Gasteiger charge is -2.34. The maximum absolute atomic E-state index is 13.0. The molecule has 10 nitrogen and oxygen atoms in total. The van der Waals surface area contributed by atoms with Crippen molar-refractivity contribution >= 4 is 33.6 Å². The summed E-state index contributed by atoms with van der Waals surface area (Å²) in [6.45, 7) is 11.7. The van der Waals surface area contributed by atoms with E-state index in [-0.39, 0.29) is 11.8 Å². The van der Waals surface area contributed by atoms with Crippen molar-refractivity contribution in [1.29, 1.82) is 0 Å². The monoisotopic (exact) mass is 711 g/mol. The van der Waals surface area contributed by atoms with Crippen LogP contribution >= 0.6 is 0 Å². The topological polar surface area (TPSA) is 95.8 Å². The van der Waals surface area contributed by atoms with Crippen LogP contribution < -0.4 is 10.1 Å². The number of benzene rings is 2. The molecule has 2 aromatic carbocycles. The largest absolute Gasteiger partial charge is 0.494 e. The van der Waals surface area contributed by atoms with Crippen molar-refractivity contribution in [3.8, 4) is 16.9 Å². The molecule has 1 unspecified atom stereocenters. The summed E-state index contributed by atoms with van der Waals surface area (Å²) in [5, 5.41) is 5.21. The molecule has 0 spiro atoms. The Balaban J connectivity index is 0.705. The van der Waals surface area contributed by atoms with Crippen molar-refractivity contribution in [1.82, 2.24) is 34.6 Å². The highest BCUT2D eigenvalue weighted by molar-refractivity contribution is 6.08. The van der Waals surface area contributed by atoms with Crippen LogP contribution in [-0.4, -0.2) is 93.0 Å². The smallest absolute Gasteiger partial charge is 0.255 e. The first-order valence-electron chi connectivity index (χ1n) is 19.2. The van der Waals surface area contributed by atoms with E-state index in [0.29, 0.717) is 31.6 Å². The lowest BCUT2D eigenvalue weighted by molar-refractivity contribution is -0.126. The van der Waals surface area contributed by atoms with Gasteiger partial charge in [-0.15, -0.1) is 0 Å². The maximum atomic E-state index is 13.0. The lowest BCUT2D eigenvalue weighted by Crippen LogP contribution is -2.49. The van der Waals surface area contributed by atoms with Gasteiger partial charge in [0.15, 0.2) is 0 Å². The molecule has 0 bridgehead atoms. The average Bonchev–Trinajstić information content (AvgIpc) is 3.66. The molecule has 6 heterocycles. The van der Waals surface area contributed by atoms with Gasteiger partial charge in [-0.05, 0) is 106 Å². The number of rotatable bonds is 13. The van der Waals surface area contributed by atoms with E-state index in [9.17, 15) is 9.59 Å². The molecule has 2 saturated heterocycles. The molecule has 8 rings (SSSR count). The third kappa shape index (κ3) is 7.57. The van der Waals surface area contributed by atoms with Crippen LogP contribution in [0.1, 0.15) is 60.1 Å². The minimum Gasteiger partial charge on any atom is -0.494 e. The molecule has 274 valence electrons. The van der Waals surface area contributed by atoms with Gasteiger partial charge >= 0.3 is 0 Å². The van der Waals surface area contributed by atoms with Gasteiger partial charge in [0.25, 0.3) is 5.91 Å². The number of allylic oxidation sites excluding steroid dienone is 1. The summed E-state index contributed by atoms with van der Waals surface area (Å²) in [5.74, 6) is 0.569. The van der Waals surface area contributed by atoms with Gasteiger partial charge in [-0.1, -0.05) is 24.8 Å². The zero-order chi connectivity index (χ0) is 36.3. The Labute approximate surface area is 311 Å². The van der Waals surface area contributed by atoms with Crippen molar-refractivity contribution in [3.05, 3.63) is 102 Å². The number of carbonyl (C=O) groups excluding carboxylic acids is 2. The normalized spacial score (nSPS) is 18.2. The van der Waals surface area contributed by atoms with Crippen LogP contribution in [0.3, 0.4) is 0 Å². The van der Waals surface area contributed by atoms with Gasteiger partial charge in [-0.25, -0.2) is 0 Å². The van der Waals surface area contributed by atoms with Gasteiger partial charge in [0.1, 0.15) is 11.8 Å². The molecular weight excluding hydrogens is 663 g/mol. The second-order valence-corrected chi connectivity index (χ2v) is 14.8. The Morgan fingerprint density at radius 1 is 0.849 bits per heavy atom. The fourth-order valence-corrected chi connectivity index (χ4v) is 8.22. The van der Waals surface area contributed by atoms with Crippen molar-refractivity contribution < 1.29 is 14.3 Å². The van der Waals surface area contributed by atoms with Crippen LogP contribution in [-0.2, 0) is 24.8 Å². The van der Waals surface area contributed by atoms with Crippen molar-refractivity contribution in [2.45, 2.75) is 57.5 Å². The molecule has 3 aromatic heterocycles.